The lowest BCUT2D eigenvalue weighted by molar-refractivity contribution is -0.111. The van der Waals surface area contributed by atoms with Gasteiger partial charge in [0.05, 0.1) is 29.9 Å². The Morgan fingerprint density at radius 1 is 1.09 bits per heavy atom. The number of allylic oxidation sites excluding steroid dienone is 2. The number of ketones is 1. The molecule has 0 aliphatic rings. The van der Waals surface area contributed by atoms with Crippen molar-refractivity contribution >= 4 is 34.2 Å². The molecule has 3 N–H and O–H groups in total. The molecule has 178 valence electrons. The van der Waals surface area contributed by atoms with Crippen LogP contribution in [0.4, 0.5) is 10.5 Å². The van der Waals surface area contributed by atoms with Crippen molar-refractivity contribution in [3.8, 4) is 11.1 Å². The molecule has 0 saturated heterocycles. The van der Waals surface area contributed by atoms with Gasteiger partial charge in [-0.05, 0) is 56.7 Å². The summed E-state index contributed by atoms with van der Waals surface area (Å²) in [6.45, 7) is 5.28. The Morgan fingerprint density at radius 3 is 2.43 bits per heavy atom. The van der Waals surface area contributed by atoms with Crippen LogP contribution < -0.4 is 11.1 Å². The lowest BCUT2D eigenvalue weighted by Gasteiger charge is -2.15. The van der Waals surface area contributed by atoms with Crippen LogP contribution in [0.15, 0.2) is 72.8 Å². The van der Waals surface area contributed by atoms with Gasteiger partial charge in [0, 0.05) is 46.7 Å². The van der Waals surface area contributed by atoms with E-state index in [-0.39, 0.29) is 11.8 Å². The van der Waals surface area contributed by atoms with E-state index in [1.54, 1.807) is 31.5 Å². The van der Waals surface area contributed by atoms with Crippen molar-refractivity contribution in [1.29, 1.82) is 0 Å². The molecule has 0 bridgehead atoms. The molecular formula is C27H27N5O3. The van der Waals surface area contributed by atoms with Gasteiger partial charge < -0.3 is 15.0 Å². The topological polar surface area (TPSA) is 112 Å². The van der Waals surface area contributed by atoms with Crippen LogP contribution in [-0.2, 0) is 9.53 Å². The Kier molecular flexibility index (Phi) is 6.64. The van der Waals surface area contributed by atoms with E-state index in [9.17, 15) is 9.59 Å². The number of nitrogens with two attached hydrogens (primary N) is 1. The van der Waals surface area contributed by atoms with Gasteiger partial charge in [0.25, 0.3) is 0 Å². The predicted octanol–water partition coefficient (Wildman–Crippen LogP) is 5.16. The van der Waals surface area contributed by atoms with Gasteiger partial charge in [-0.15, -0.1) is 0 Å². The van der Waals surface area contributed by atoms with E-state index in [2.05, 4.69) is 26.5 Å². The number of amides is 1. The number of nitrogens with one attached hydrogen (secondary N) is 1. The Morgan fingerprint density at radius 2 is 1.83 bits per heavy atom. The lowest BCUT2D eigenvalue weighted by Crippen LogP contribution is -2.10. The van der Waals surface area contributed by atoms with Gasteiger partial charge in [-0.3, -0.25) is 20.1 Å². The SMILES string of the molecule is COC(=O)Nc1ccc(-c2cn([C@@H](C)c3ccccn3)c3cc(/C(C(C)=O)=C(\C)N)cnc23)cc1. The summed E-state index contributed by atoms with van der Waals surface area (Å²) in [5.41, 5.74) is 12.6. The molecule has 0 aliphatic carbocycles. The molecule has 0 spiro atoms. The molecule has 8 nitrogen and oxygen atoms in total. The van der Waals surface area contributed by atoms with Crippen LogP contribution in [-0.4, -0.2) is 33.5 Å². The van der Waals surface area contributed by atoms with Gasteiger partial charge in [-0.1, -0.05) is 18.2 Å². The average molecular weight is 470 g/mol. The van der Waals surface area contributed by atoms with Crippen molar-refractivity contribution in [3.63, 3.8) is 0 Å². The maximum absolute atomic E-state index is 12.3. The monoisotopic (exact) mass is 469 g/mol. The number of pyridine rings is 2. The molecule has 1 amide bonds. The number of methoxy groups -OCH3 is 1. The molecule has 3 aromatic heterocycles. The fourth-order valence-corrected chi connectivity index (χ4v) is 4.17. The van der Waals surface area contributed by atoms with Gasteiger partial charge in [0.15, 0.2) is 5.78 Å². The molecule has 4 aromatic rings. The van der Waals surface area contributed by atoms with Crippen molar-refractivity contribution in [2.75, 3.05) is 12.4 Å². The van der Waals surface area contributed by atoms with Crippen molar-refractivity contribution in [2.24, 2.45) is 5.73 Å². The first kappa shape index (κ1) is 23.7. The van der Waals surface area contributed by atoms with Crippen LogP contribution in [0.25, 0.3) is 27.7 Å². The number of carbonyl (C=O) groups is 2. The maximum atomic E-state index is 12.3. The van der Waals surface area contributed by atoms with Crippen molar-refractivity contribution in [1.82, 2.24) is 14.5 Å². The van der Waals surface area contributed by atoms with E-state index < -0.39 is 6.09 Å². The number of Topliss-reactive ketones (excluding diaryl/α,β-unsaturated/α-hetero) is 1. The second-order valence-electron chi connectivity index (χ2n) is 8.28. The van der Waals surface area contributed by atoms with E-state index >= 15 is 0 Å². The third-order valence-corrected chi connectivity index (χ3v) is 5.86. The summed E-state index contributed by atoms with van der Waals surface area (Å²) >= 11 is 0. The Hall–Kier alpha value is -4.46. The van der Waals surface area contributed by atoms with Crippen LogP contribution >= 0.6 is 0 Å². The molecular weight excluding hydrogens is 442 g/mol. The summed E-state index contributed by atoms with van der Waals surface area (Å²) in [5, 5.41) is 2.65. The van der Waals surface area contributed by atoms with Crippen molar-refractivity contribution in [3.05, 3.63) is 84.1 Å². The molecule has 0 radical (unpaired) electrons. The summed E-state index contributed by atoms with van der Waals surface area (Å²) in [5.74, 6) is -0.115. The molecule has 4 rings (SSSR count). The minimum absolute atomic E-state index is 0.0894. The van der Waals surface area contributed by atoms with Crippen LogP contribution in [0, 0.1) is 0 Å². The number of hydrogen-bond acceptors (Lipinski definition) is 6. The fourth-order valence-electron chi connectivity index (χ4n) is 4.17. The third-order valence-electron chi connectivity index (χ3n) is 5.86. The van der Waals surface area contributed by atoms with E-state index in [0.717, 1.165) is 27.9 Å². The molecule has 0 aliphatic heterocycles. The summed E-state index contributed by atoms with van der Waals surface area (Å²) < 4.78 is 6.76. The van der Waals surface area contributed by atoms with E-state index in [1.165, 1.54) is 14.0 Å². The zero-order valence-electron chi connectivity index (χ0n) is 20.1. The smallest absolute Gasteiger partial charge is 0.411 e. The summed E-state index contributed by atoms with van der Waals surface area (Å²) in [7, 11) is 1.32. The lowest BCUT2D eigenvalue weighted by atomic mass is 10.0. The molecule has 1 aromatic carbocycles. The van der Waals surface area contributed by atoms with E-state index in [0.29, 0.717) is 22.5 Å². The minimum Gasteiger partial charge on any atom is -0.453 e. The largest absolute Gasteiger partial charge is 0.453 e. The molecule has 8 heteroatoms. The highest BCUT2D eigenvalue weighted by molar-refractivity contribution is 6.20. The van der Waals surface area contributed by atoms with Gasteiger partial charge in [-0.25, -0.2) is 4.79 Å². The second-order valence-corrected chi connectivity index (χ2v) is 8.28. The van der Waals surface area contributed by atoms with Crippen LogP contribution in [0.5, 0.6) is 0 Å². The molecule has 3 heterocycles. The number of anilines is 1. The summed E-state index contributed by atoms with van der Waals surface area (Å²) in [6, 6.07) is 15.1. The maximum Gasteiger partial charge on any atom is 0.411 e. The number of benzene rings is 1. The van der Waals surface area contributed by atoms with Crippen molar-refractivity contribution < 1.29 is 14.3 Å². The minimum atomic E-state index is -0.530. The summed E-state index contributed by atoms with van der Waals surface area (Å²) in [6.07, 6.45) is 4.96. The van der Waals surface area contributed by atoms with Crippen LogP contribution in [0.2, 0.25) is 0 Å². The first-order chi connectivity index (χ1) is 16.8. The Labute approximate surface area is 203 Å². The molecule has 35 heavy (non-hydrogen) atoms. The Balaban J connectivity index is 1.88. The number of aromatic nitrogens is 3. The standard InChI is InChI=1S/C27H27N5O3/c1-16(28)25(18(3)33)20-13-24-26(30-14-20)22(15-32(24)17(2)23-7-5-6-12-29-23)19-8-10-21(11-9-19)31-27(34)35-4/h5-15,17H,28H2,1-4H3,(H,31,34)/b25-16+/t17-/m0/s1. The number of carbonyl (C=O) groups excluding carboxylic acids is 2. The first-order valence-electron chi connectivity index (χ1n) is 11.1. The number of ether oxygens (including phenoxy) is 1. The average Bonchev–Trinajstić information content (AvgIpc) is 3.23. The molecule has 0 saturated carbocycles. The summed E-state index contributed by atoms with van der Waals surface area (Å²) in [4.78, 5) is 33.1. The van der Waals surface area contributed by atoms with Gasteiger partial charge in [-0.2, -0.15) is 0 Å². The predicted molar refractivity (Wildman–Crippen MR) is 137 cm³/mol. The fraction of sp³-hybridized carbons (Fsp3) is 0.185. The van der Waals surface area contributed by atoms with Crippen LogP contribution in [0.3, 0.4) is 0 Å². The first-order valence-corrected chi connectivity index (χ1v) is 11.1. The third kappa shape index (κ3) is 4.77. The molecule has 0 unspecified atom stereocenters. The van der Waals surface area contributed by atoms with Gasteiger partial charge in [0.2, 0.25) is 0 Å². The highest BCUT2D eigenvalue weighted by atomic mass is 16.5. The van der Waals surface area contributed by atoms with E-state index in [1.807, 2.05) is 42.6 Å². The quantitative estimate of drug-likeness (QED) is 0.377. The normalized spacial score (nSPS) is 12.7. The number of nitrogens with zero attached hydrogens (tertiary/aromatic N) is 3. The highest BCUT2D eigenvalue weighted by Crippen LogP contribution is 2.35. The molecule has 1 atom stereocenters. The second kappa shape index (κ2) is 9.80. The van der Waals surface area contributed by atoms with Gasteiger partial charge >= 0.3 is 6.09 Å². The molecule has 0 fully saturated rings. The number of fused-ring (bicyclic) bond motifs is 1. The Bertz CT molecular complexity index is 1420. The number of hydrogen-bond donors (Lipinski definition) is 2. The highest BCUT2D eigenvalue weighted by Gasteiger charge is 2.20. The number of rotatable bonds is 6. The van der Waals surface area contributed by atoms with Gasteiger partial charge in [0.1, 0.15) is 0 Å². The van der Waals surface area contributed by atoms with Crippen LogP contribution in [0.1, 0.15) is 38.1 Å². The van der Waals surface area contributed by atoms with E-state index in [4.69, 9.17) is 10.7 Å². The zero-order chi connectivity index (χ0) is 25.1. The van der Waals surface area contributed by atoms with Crippen molar-refractivity contribution in [2.45, 2.75) is 26.8 Å². The zero-order valence-corrected chi connectivity index (χ0v) is 20.1.